The van der Waals surface area contributed by atoms with Gasteiger partial charge in [-0.15, -0.1) is 0 Å². The number of hydrogen-bond donors (Lipinski definition) is 2. The Balaban J connectivity index is 1.16. The molecule has 0 bridgehead atoms. The quantitative estimate of drug-likeness (QED) is 0.630. The van der Waals surface area contributed by atoms with Gasteiger partial charge < -0.3 is 15.5 Å². The Morgan fingerprint density at radius 3 is 2.35 bits per heavy atom. The molecule has 0 spiro atoms. The molecule has 2 aliphatic heterocycles. The van der Waals surface area contributed by atoms with E-state index in [2.05, 4.69) is 50.8 Å². The SMILES string of the molecule is c1ccc(CN2CCC(NCCNCCCN3CCCCC3)CC2)cc1. The summed E-state index contributed by atoms with van der Waals surface area (Å²) in [5.74, 6) is 0. The molecular formula is C22H38N4. The third kappa shape index (κ3) is 7.36. The van der Waals surface area contributed by atoms with Crippen molar-refractivity contribution in [1.82, 2.24) is 20.4 Å². The van der Waals surface area contributed by atoms with Crippen LogP contribution in [-0.4, -0.2) is 68.2 Å². The van der Waals surface area contributed by atoms with Gasteiger partial charge in [0.2, 0.25) is 0 Å². The summed E-state index contributed by atoms with van der Waals surface area (Å²) in [4.78, 5) is 5.22. The molecule has 2 saturated heterocycles. The van der Waals surface area contributed by atoms with E-state index in [-0.39, 0.29) is 0 Å². The second-order valence-corrected chi connectivity index (χ2v) is 8.00. The number of piperidine rings is 2. The van der Waals surface area contributed by atoms with Crippen LogP contribution in [0.4, 0.5) is 0 Å². The molecule has 2 aliphatic rings. The number of nitrogens with zero attached hydrogens (tertiary/aromatic N) is 2. The molecule has 2 heterocycles. The molecule has 2 fully saturated rings. The molecule has 3 rings (SSSR count). The highest BCUT2D eigenvalue weighted by Crippen LogP contribution is 2.13. The Morgan fingerprint density at radius 2 is 1.58 bits per heavy atom. The molecule has 0 atom stereocenters. The summed E-state index contributed by atoms with van der Waals surface area (Å²) in [6.07, 6.45) is 8.09. The molecule has 1 aromatic carbocycles. The van der Waals surface area contributed by atoms with Crippen molar-refractivity contribution in [2.75, 3.05) is 52.4 Å². The normalized spacial score (nSPS) is 20.5. The van der Waals surface area contributed by atoms with Crippen LogP contribution in [0.2, 0.25) is 0 Å². The molecule has 0 amide bonds. The number of likely N-dealkylation sites (tertiary alicyclic amines) is 2. The van der Waals surface area contributed by atoms with Crippen molar-refractivity contribution < 1.29 is 0 Å². The molecule has 0 saturated carbocycles. The first-order valence-corrected chi connectivity index (χ1v) is 10.8. The van der Waals surface area contributed by atoms with E-state index in [1.54, 1.807) is 0 Å². The highest BCUT2D eigenvalue weighted by Gasteiger charge is 2.18. The maximum atomic E-state index is 3.75. The summed E-state index contributed by atoms with van der Waals surface area (Å²) in [6, 6.07) is 11.6. The predicted octanol–water partition coefficient (Wildman–Crippen LogP) is 2.71. The predicted molar refractivity (Wildman–Crippen MR) is 111 cm³/mol. The molecule has 0 radical (unpaired) electrons. The lowest BCUT2D eigenvalue weighted by molar-refractivity contribution is 0.191. The van der Waals surface area contributed by atoms with E-state index < -0.39 is 0 Å². The van der Waals surface area contributed by atoms with Crippen molar-refractivity contribution in [2.45, 2.75) is 51.1 Å². The Labute approximate surface area is 160 Å². The lowest BCUT2D eigenvalue weighted by Gasteiger charge is -2.32. The van der Waals surface area contributed by atoms with E-state index in [1.165, 1.54) is 76.8 Å². The van der Waals surface area contributed by atoms with Gasteiger partial charge in [-0.25, -0.2) is 0 Å². The minimum Gasteiger partial charge on any atom is -0.315 e. The van der Waals surface area contributed by atoms with Crippen LogP contribution in [0.1, 0.15) is 44.1 Å². The van der Waals surface area contributed by atoms with E-state index in [9.17, 15) is 0 Å². The lowest BCUT2D eigenvalue weighted by atomic mass is 10.0. The molecule has 4 heteroatoms. The van der Waals surface area contributed by atoms with Gasteiger partial charge in [0.1, 0.15) is 0 Å². The second kappa shape index (κ2) is 11.7. The van der Waals surface area contributed by atoms with Crippen molar-refractivity contribution in [1.29, 1.82) is 0 Å². The smallest absolute Gasteiger partial charge is 0.0233 e. The van der Waals surface area contributed by atoms with Gasteiger partial charge >= 0.3 is 0 Å². The van der Waals surface area contributed by atoms with Crippen molar-refractivity contribution >= 4 is 0 Å². The third-order valence-corrected chi connectivity index (χ3v) is 5.85. The van der Waals surface area contributed by atoms with Crippen LogP contribution in [0.5, 0.6) is 0 Å². The van der Waals surface area contributed by atoms with Gasteiger partial charge in [0.25, 0.3) is 0 Å². The van der Waals surface area contributed by atoms with Gasteiger partial charge in [-0.05, 0) is 76.9 Å². The van der Waals surface area contributed by atoms with Crippen LogP contribution in [0.25, 0.3) is 0 Å². The van der Waals surface area contributed by atoms with Crippen LogP contribution in [-0.2, 0) is 6.54 Å². The van der Waals surface area contributed by atoms with Gasteiger partial charge in [-0.1, -0.05) is 36.8 Å². The zero-order valence-corrected chi connectivity index (χ0v) is 16.5. The summed E-state index contributed by atoms with van der Waals surface area (Å²) >= 11 is 0. The van der Waals surface area contributed by atoms with E-state index in [4.69, 9.17) is 0 Å². The summed E-state index contributed by atoms with van der Waals surface area (Å²) in [7, 11) is 0. The van der Waals surface area contributed by atoms with Gasteiger partial charge in [0.15, 0.2) is 0 Å². The van der Waals surface area contributed by atoms with Crippen LogP contribution in [0, 0.1) is 0 Å². The van der Waals surface area contributed by atoms with E-state index in [0.29, 0.717) is 6.04 Å². The summed E-state index contributed by atoms with van der Waals surface area (Å²) < 4.78 is 0. The molecule has 26 heavy (non-hydrogen) atoms. The molecule has 2 N–H and O–H groups in total. The molecule has 1 aromatic rings. The van der Waals surface area contributed by atoms with Gasteiger partial charge in [-0.3, -0.25) is 4.90 Å². The van der Waals surface area contributed by atoms with Gasteiger partial charge in [0.05, 0.1) is 0 Å². The molecule has 0 aromatic heterocycles. The topological polar surface area (TPSA) is 30.5 Å². The molecule has 0 unspecified atom stereocenters. The fourth-order valence-electron chi connectivity index (χ4n) is 4.24. The van der Waals surface area contributed by atoms with Crippen LogP contribution >= 0.6 is 0 Å². The van der Waals surface area contributed by atoms with E-state index in [0.717, 1.165) is 26.2 Å². The Hall–Kier alpha value is -0.940. The maximum Gasteiger partial charge on any atom is 0.0233 e. The number of rotatable bonds is 10. The van der Waals surface area contributed by atoms with Crippen LogP contribution in [0.3, 0.4) is 0 Å². The monoisotopic (exact) mass is 358 g/mol. The first kappa shape index (κ1) is 19.8. The highest BCUT2D eigenvalue weighted by atomic mass is 15.1. The average molecular weight is 359 g/mol. The first-order chi connectivity index (χ1) is 12.9. The number of nitrogens with one attached hydrogen (secondary N) is 2. The Kier molecular flexibility index (Phi) is 8.92. The molecular weight excluding hydrogens is 320 g/mol. The number of benzene rings is 1. The second-order valence-electron chi connectivity index (χ2n) is 8.00. The van der Waals surface area contributed by atoms with Crippen molar-refractivity contribution in [3.63, 3.8) is 0 Å². The van der Waals surface area contributed by atoms with Crippen molar-refractivity contribution in [2.24, 2.45) is 0 Å². The van der Waals surface area contributed by atoms with Crippen molar-refractivity contribution in [3.05, 3.63) is 35.9 Å². The zero-order valence-electron chi connectivity index (χ0n) is 16.5. The van der Waals surface area contributed by atoms with E-state index >= 15 is 0 Å². The highest BCUT2D eigenvalue weighted by molar-refractivity contribution is 5.14. The van der Waals surface area contributed by atoms with E-state index in [1.807, 2.05) is 0 Å². The molecule has 4 nitrogen and oxygen atoms in total. The molecule has 0 aliphatic carbocycles. The largest absolute Gasteiger partial charge is 0.315 e. The first-order valence-electron chi connectivity index (χ1n) is 10.8. The lowest BCUT2D eigenvalue weighted by Crippen LogP contribution is -2.44. The van der Waals surface area contributed by atoms with Crippen LogP contribution < -0.4 is 10.6 Å². The summed E-state index contributed by atoms with van der Waals surface area (Å²) in [5.41, 5.74) is 1.44. The maximum absolute atomic E-state index is 3.75. The standard InChI is InChI=1S/C22H38N4/c1-3-8-21(9-4-1)20-26-18-10-22(11-19-26)24-14-13-23-12-7-17-25-15-5-2-6-16-25/h1,3-4,8-9,22-24H,2,5-7,10-20H2. The Morgan fingerprint density at radius 1 is 0.808 bits per heavy atom. The molecule has 146 valence electrons. The third-order valence-electron chi connectivity index (χ3n) is 5.85. The minimum atomic E-state index is 0.706. The van der Waals surface area contributed by atoms with Crippen LogP contribution in [0.15, 0.2) is 30.3 Å². The fourth-order valence-corrected chi connectivity index (χ4v) is 4.24. The summed E-state index contributed by atoms with van der Waals surface area (Å²) in [5, 5.41) is 7.35. The van der Waals surface area contributed by atoms with Gasteiger partial charge in [-0.2, -0.15) is 0 Å². The van der Waals surface area contributed by atoms with Gasteiger partial charge in [0, 0.05) is 25.7 Å². The fraction of sp³-hybridized carbons (Fsp3) is 0.727. The average Bonchev–Trinajstić information content (AvgIpc) is 2.70. The van der Waals surface area contributed by atoms with Crippen molar-refractivity contribution in [3.8, 4) is 0 Å². The number of hydrogen-bond acceptors (Lipinski definition) is 4. The Bertz CT molecular complexity index is 464. The minimum absolute atomic E-state index is 0.706. The zero-order chi connectivity index (χ0) is 17.9. The summed E-state index contributed by atoms with van der Waals surface area (Å²) in [6.45, 7) is 10.8.